The third-order valence-electron chi connectivity index (χ3n) is 8.38. The van der Waals surface area contributed by atoms with Crippen molar-refractivity contribution < 1.29 is 39.2 Å². The molecule has 6 rings (SSSR count). The number of halogens is 1. The first-order valence-corrected chi connectivity index (χ1v) is 20.9. The van der Waals surface area contributed by atoms with E-state index in [0.717, 1.165) is 24.0 Å². The molecule has 0 saturated heterocycles. The van der Waals surface area contributed by atoms with Crippen molar-refractivity contribution in [3.63, 3.8) is 0 Å². The molecule has 1 aromatic heterocycles. The lowest BCUT2D eigenvalue weighted by Gasteiger charge is -2.27. The zero-order valence-corrected chi connectivity index (χ0v) is 31.4. The number of anilines is 6. The Labute approximate surface area is 310 Å². The summed E-state index contributed by atoms with van der Waals surface area (Å²) in [6, 6.07) is 17.5. The molecular weight excluding hydrogens is 768 g/mol. The first kappa shape index (κ1) is 37.8. The number of benzene rings is 4. The van der Waals surface area contributed by atoms with Gasteiger partial charge in [0.2, 0.25) is 17.2 Å². The van der Waals surface area contributed by atoms with Gasteiger partial charge in [0.25, 0.3) is 20.2 Å². The fourth-order valence-electron chi connectivity index (χ4n) is 6.13. The highest BCUT2D eigenvalue weighted by Gasteiger charge is 2.31. The second-order valence-electron chi connectivity index (χ2n) is 12.1. The van der Waals surface area contributed by atoms with E-state index in [-0.39, 0.29) is 57.0 Å². The fraction of sp³-hybridized carbons (Fsp3) is 0.176. The zero-order valence-electron chi connectivity index (χ0n) is 28.2. The van der Waals surface area contributed by atoms with Crippen LogP contribution in [0.5, 0.6) is 0 Å². The van der Waals surface area contributed by atoms with Crippen LogP contribution in [-0.4, -0.2) is 67.9 Å². The Kier molecular flexibility index (Phi) is 10.1. The molecule has 1 heterocycles. The Morgan fingerprint density at radius 1 is 0.830 bits per heavy atom. The number of nitrogens with zero attached hydrogens (tertiary/aromatic N) is 4. The fourth-order valence-corrected chi connectivity index (χ4v) is 8.48. The molecule has 0 aliphatic heterocycles. The van der Waals surface area contributed by atoms with Crippen molar-refractivity contribution >= 4 is 82.1 Å². The summed E-state index contributed by atoms with van der Waals surface area (Å²) in [7, 11) is -13.2. The lowest BCUT2D eigenvalue weighted by atomic mass is 9.82. The number of ketones is 1. The predicted octanol–water partition coefficient (Wildman–Crippen LogP) is 5.90. The number of aromatic nitrogens is 3. The minimum absolute atomic E-state index is 0.0594. The summed E-state index contributed by atoms with van der Waals surface area (Å²) in [4.78, 5) is 26.8. The van der Waals surface area contributed by atoms with Crippen LogP contribution >= 0.6 is 11.6 Å². The van der Waals surface area contributed by atoms with Gasteiger partial charge in [-0.3, -0.25) is 13.9 Å². The molecule has 0 unspecified atom stereocenters. The van der Waals surface area contributed by atoms with Gasteiger partial charge in [-0.05, 0) is 84.1 Å². The van der Waals surface area contributed by atoms with Crippen molar-refractivity contribution in [2.45, 2.75) is 41.4 Å². The van der Waals surface area contributed by atoms with Crippen LogP contribution in [0.2, 0.25) is 5.28 Å². The summed E-state index contributed by atoms with van der Waals surface area (Å²) in [6.07, 6.45) is 1.76. The normalized spacial score (nSPS) is 12.9. The topological polar surface area (TPSA) is 226 Å². The van der Waals surface area contributed by atoms with E-state index in [4.69, 9.17) is 11.6 Å². The standard InChI is InChI=1S/C34H31ClN6O9S3/c1-4-14-41(34-39-32(35)38-33(40-34)37-21-9-7-10-23(16-21)52(45,46)47)27-17-22(12-13-28(27)53(48,49)50)36-26-18-29(51(3,43)44)19(2)30-25(26)15-20-8-5-6-11-24(20)31(30)42/h5-13,16-18,36H,4,14-15H2,1-3H3,(H,45,46,47)(H,48,49,50)(H,37,38,39,40). The van der Waals surface area contributed by atoms with E-state index in [1.807, 2.05) is 6.07 Å². The Morgan fingerprint density at radius 3 is 2.23 bits per heavy atom. The van der Waals surface area contributed by atoms with Gasteiger partial charge in [0, 0.05) is 47.4 Å². The van der Waals surface area contributed by atoms with Gasteiger partial charge in [-0.15, -0.1) is 0 Å². The number of nitrogens with one attached hydrogen (secondary N) is 2. The number of carbonyl (C=O) groups is 1. The molecule has 1 aliphatic rings. The van der Waals surface area contributed by atoms with Crippen molar-refractivity contribution in [2.75, 3.05) is 28.3 Å². The molecule has 0 spiro atoms. The molecule has 53 heavy (non-hydrogen) atoms. The summed E-state index contributed by atoms with van der Waals surface area (Å²) in [5, 5.41) is 5.65. The van der Waals surface area contributed by atoms with Crippen molar-refractivity contribution in [1.29, 1.82) is 0 Å². The third-order valence-corrected chi connectivity index (χ3v) is 11.5. The van der Waals surface area contributed by atoms with Gasteiger partial charge in [0.15, 0.2) is 15.6 Å². The molecule has 0 fully saturated rings. The molecule has 0 amide bonds. The molecule has 0 saturated carbocycles. The number of hydrogen-bond acceptors (Lipinski definition) is 13. The van der Waals surface area contributed by atoms with Crippen LogP contribution in [0.1, 0.15) is 46.0 Å². The zero-order chi connectivity index (χ0) is 38.5. The maximum absolute atomic E-state index is 13.8. The van der Waals surface area contributed by atoms with Crippen LogP contribution in [0, 0.1) is 6.92 Å². The highest BCUT2D eigenvalue weighted by atomic mass is 35.5. The van der Waals surface area contributed by atoms with Crippen LogP contribution < -0.4 is 15.5 Å². The molecule has 0 atom stereocenters. The summed E-state index contributed by atoms with van der Waals surface area (Å²) >= 11 is 6.28. The van der Waals surface area contributed by atoms with Crippen molar-refractivity contribution in [3.8, 4) is 0 Å². The van der Waals surface area contributed by atoms with E-state index >= 15 is 0 Å². The van der Waals surface area contributed by atoms with Crippen LogP contribution in [-0.2, 0) is 36.5 Å². The van der Waals surface area contributed by atoms with Crippen molar-refractivity contribution in [1.82, 2.24) is 15.0 Å². The number of carbonyl (C=O) groups excluding carboxylic acids is 1. The summed E-state index contributed by atoms with van der Waals surface area (Å²) in [5.74, 6) is -0.650. The Bertz CT molecular complexity index is 2660. The molecule has 5 aromatic rings. The number of rotatable bonds is 11. The van der Waals surface area contributed by atoms with Gasteiger partial charge in [-0.2, -0.15) is 31.8 Å². The number of fused-ring (bicyclic) bond motifs is 2. The van der Waals surface area contributed by atoms with Crippen LogP contribution in [0.15, 0.2) is 87.5 Å². The summed E-state index contributed by atoms with van der Waals surface area (Å²) in [5.41, 5.74) is 2.94. The van der Waals surface area contributed by atoms with Gasteiger partial charge >= 0.3 is 0 Å². The molecule has 4 N–H and O–H groups in total. The maximum Gasteiger partial charge on any atom is 0.296 e. The van der Waals surface area contributed by atoms with E-state index in [9.17, 15) is 39.2 Å². The first-order valence-electron chi connectivity index (χ1n) is 15.8. The summed E-state index contributed by atoms with van der Waals surface area (Å²) < 4.78 is 94.5. The largest absolute Gasteiger partial charge is 0.355 e. The number of sulfone groups is 1. The van der Waals surface area contributed by atoms with Gasteiger partial charge < -0.3 is 15.5 Å². The van der Waals surface area contributed by atoms with Gasteiger partial charge in [-0.25, -0.2) is 8.42 Å². The van der Waals surface area contributed by atoms with E-state index in [1.54, 1.807) is 32.0 Å². The molecule has 276 valence electrons. The average Bonchev–Trinajstić information content (AvgIpc) is 3.07. The number of hydrogen-bond donors (Lipinski definition) is 4. The smallest absolute Gasteiger partial charge is 0.296 e. The van der Waals surface area contributed by atoms with Gasteiger partial charge in [-0.1, -0.05) is 37.3 Å². The summed E-state index contributed by atoms with van der Waals surface area (Å²) in [6.45, 7) is 3.47. The molecule has 1 aliphatic carbocycles. The lowest BCUT2D eigenvalue weighted by Crippen LogP contribution is -2.23. The second kappa shape index (κ2) is 14.1. The average molecular weight is 799 g/mol. The Hall–Kier alpha value is -4.98. The second-order valence-corrected chi connectivity index (χ2v) is 17.3. The van der Waals surface area contributed by atoms with Crippen LogP contribution in [0.4, 0.5) is 34.6 Å². The third kappa shape index (κ3) is 7.87. The Balaban J connectivity index is 1.47. The van der Waals surface area contributed by atoms with Crippen LogP contribution in [0.3, 0.4) is 0 Å². The van der Waals surface area contributed by atoms with Gasteiger partial charge in [0.1, 0.15) is 4.90 Å². The molecule has 0 bridgehead atoms. The highest BCUT2D eigenvalue weighted by molar-refractivity contribution is 7.90. The predicted molar refractivity (Wildman–Crippen MR) is 198 cm³/mol. The van der Waals surface area contributed by atoms with Crippen LogP contribution in [0.25, 0.3) is 0 Å². The minimum Gasteiger partial charge on any atom is -0.355 e. The maximum atomic E-state index is 13.8. The van der Waals surface area contributed by atoms with E-state index < -0.39 is 39.9 Å². The van der Waals surface area contributed by atoms with Gasteiger partial charge in [0.05, 0.1) is 15.5 Å². The van der Waals surface area contributed by atoms with E-state index in [2.05, 4.69) is 25.6 Å². The van der Waals surface area contributed by atoms with E-state index in [0.29, 0.717) is 35.2 Å². The van der Waals surface area contributed by atoms with Crippen molar-refractivity contribution in [3.05, 3.63) is 106 Å². The van der Waals surface area contributed by atoms with E-state index in [1.165, 1.54) is 41.3 Å². The monoisotopic (exact) mass is 798 g/mol. The quantitative estimate of drug-likeness (QED) is 0.112. The van der Waals surface area contributed by atoms with Crippen molar-refractivity contribution in [2.24, 2.45) is 0 Å². The first-order chi connectivity index (χ1) is 24.8. The molecule has 15 nitrogen and oxygen atoms in total. The minimum atomic E-state index is -4.86. The molecule has 19 heteroatoms. The SMILES string of the molecule is CCCN(c1nc(Cl)nc(Nc2cccc(S(=O)(=O)O)c2)n1)c1cc(Nc2cc(S(C)(=O)=O)c(C)c3c2Cc2ccccc2C3=O)ccc1S(=O)(=O)O. The molecular formula is C34H31ClN6O9S3. The highest BCUT2D eigenvalue weighted by Crippen LogP contribution is 2.40. The molecule has 0 radical (unpaired) electrons. The Morgan fingerprint density at radius 2 is 1.55 bits per heavy atom. The molecule has 4 aromatic carbocycles. The lowest BCUT2D eigenvalue weighted by molar-refractivity contribution is 0.103.